The molecule has 2 aromatic rings. The van der Waals surface area contributed by atoms with E-state index in [-0.39, 0.29) is 35.4 Å². The van der Waals surface area contributed by atoms with Gasteiger partial charge < -0.3 is 66.6 Å². The minimum Gasteiger partial charge on any atom is -0.380 e. The first kappa shape index (κ1) is 117. The lowest BCUT2D eigenvalue weighted by atomic mass is 9.81. The number of carbonyl (C=O) groups excluding carboxylic acids is 3. The molecule has 3 unspecified atom stereocenters. The molecule has 3 aliphatic rings. The molecule has 3 fully saturated rings. The molecule has 0 N–H and O–H groups in total. The van der Waals surface area contributed by atoms with Crippen molar-refractivity contribution < 1.29 is 71.2 Å². The quantitative estimate of drug-likeness (QED) is 0.0207. The van der Waals surface area contributed by atoms with Crippen molar-refractivity contribution >= 4 is 246 Å². The number of urea groups is 1. The van der Waals surface area contributed by atoms with Crippen LogP contribution in [0.1, 0.15) is 51.4 Å². The van der Waals surface area contributed by atoms with E-state index in [1.165, 1.54) is 27.9 Å². The Balaban J connectivity index is 0.000000466. The number of imidazole rings is 1. The molecule has 120 heavy (non-hydrogen) atoms. The topological polar surface area (TPSA) is 199 Å². The Morgan fingerprint density at radius 3 is 0.900 bits per heavy atom. The maximum absolute atomic E-state index is 13.3. The minimum absolute atomic E-state index is 0.0383. The van der Waals surface area contributed by atoms with Gasteiger partial charge in [-0.25, -0.2) is 9.59 Å². The van der Waals surface area contributed by atoms with Gasteiger partial charge in [-0.15, -0.1) is 0 Å². The average Bonchev–Trinajstić information content (AvgIpc) is 1.64. The molecule has 2 saturated heterocycles. The van der Waals surface area contributed by atoms with Gasteiger partial charge in [0.1, 0.15) is 0 Å². The Morgan fingerprint density at radius 1 is 0.283 bits per heavy atom. The molecule has 1 saturated carbocycles. The first-order valence-corrected chi connectivity index (χ1v) is 60.4. The second kappa shape index (κ2) is 89.6. The smallest absolute Gasteiger partial charge is 0.329 e. The Hall–Kier alpha value is 2.72. The Kier molecular flexibility index (Phi) is 87.3. The highest BCUT2D eigenvalue weighted by Gasteiger charge is 2.49. The molecule has 1 aromatic carbocycles. The lowest BCUT2D eigenvalue weighted by molar-refractivity contribution is -0.139. The van der Waals surface area contributed by atoms with Crippen LogP contribution in [0.3, 0.4) is 0 Å². The molecule has 702 valence electrons. The predicted octanol–water partition coefficient (Wildman–Crippen LogP) is 14.2. The van der Waals surface area contributed by atoms with Crippen LogP contribution in [0.2, 0.25) is 0 Å². The van der Waals surface area contributed by atoms with Crippen LogP contribution in [0, 0.1) is 11.8 Å². The molecule has 1 aliphatic carbocycles. The SMILES string of the molecule is O=C1C2CCC(SCCOCCOCCOCCS)CC2C(=O)N1CCCSCCOCCOCCOCCS.O=C1N(CCCSCCOCCSCCSCCS)CCN1CCCSCCOCCSCCSCCS.O=c1n(CCCSCCOCCOCCSCCS)c2ccccc2n1CCCSCCOCCOCCSCCS. The summed E-state index contributed by atoms with van der Waals surface area (Å²) in [7, 11) is 0. The molecular weight excluding hydrogens is 1880 g/mol. The molecule has 39 heteroatoms. The van der Waals surface area contributed by atoms with Crippen molar-refractivity contribution in [2.24, 2.45) is 11.8 Å². The summed E-state index contributed by atoms with van der Waals surface area (Å²) in [6.07, 6.45) is 7.46. The summed E-state index contributed by atoms with van der Waals surface area (Å²) < 4.78 is 70.6. The third-order valence-electron chi connectivity index (χ3n) is 17.8. The lowest BCUT2D eigenvalue weighted by Crippen LogP contribution is -2.33. The van der Waals surface area contributed by atoms with Crippen LogP contribution in [-0.4, -0.2) is 405 Å². The van der Waals surface area contributed by atoms with E-state index in [0.717, 1.165) is 298 Å². The van der Waals surface area contributed by atoms with Crippen molar-refractivity contribution in [2.45, 2.75) is 69.7 Å². The summed E-state index contributed by atoms with van der Waals surface area (Å²) >= 11 is 47.9. The lowest BCUT2D eigenvalue weighted by Gasteiger charge is -2.28. The number of para-hydroxylation sites is 2. The number of rotatable bonds is 87. The summed E-state index contributed by atoms with van der Waals surface area (Å²) in [5.41, 5.74) is 2.16. The van der Waals surface area contributed by atoms with Crippen LogP contribution in [0.4, 0.5) is 4.79 Å². The molecule has 4 amide bonds. The number of hydrogen-bond donors (Lipinski definition) is 6. The second-order valence-electron chi connectivity index (χ2n) is 26.9. The molecule has 0 radical (unpaired) electrons. The van der Waals surface area contributed by atoms with Gasteiger partial charge in [0.25, 0.3) is 0 Å². The summed E-state index contributed by atoms with van der Waals surface area (Å²) in [4.78, 5) is 57.4. The van der Waals surface area contributed by atoms with Crippen LogP contribution in [0.5, 0.6) is 0 Å². The van der Waals surface area contributed by atoms with Gasteiger partial charge in [-0.1, -0.05) is 12.1 Å². The number of aryl methyl sites for hydroxylation is 2. The molecule has 3 heterocycles. The molecular formula is C81H149N5O16S18. The van der Waals surface area contributed by atoms with Crippen molar-refractivity contribution in [3.63, 3.8) is 0 Å². The van der Waals surface area contributed by atoms with E-state index in [9.17, 15) is 19.2 Å². The van der Waals surface area contributed by atoms with E-state index >= 15 is 0 Å². The van der Waals surface area contributed by atoms with Crippen molar-refractivity contribution in [1.82, 2.24) is 23.8 Å². The summed E-state index contributed by atoms with van der Waals surface area (Å²) in [6, 6.07) is 8.39. The van der Waals surface area contributed by atoms with Gasteiger partial charge in [0.2, 0.25) is 11.8 Å². The predicted molar refractivity (Wildman–Crippen MR) is 555 cm³/mol. The van der Waals surface area contributed by atoms with Gasteiger partial charge in [-0.3, -0.25) is 23.6 Å². The highest BCUT2D eigenvalue weighted by atomic mass is 32.2. The first-order chi connectivity index (χ1) is 59.3. The number of imide groups is 1. The standard InChI is InChI=1S/C29H50N2O5S6.C27H49NO8S4.C25H50N2O3S8/c32-29-30(7-3-19-39-21-13-33-9-11-35-15-23-41-25-17-37)27-5-1-2-6-28(27)31(29)8-4-20-40-22-14-34-10-12-36-16-24-42-26-18-38;29-26-24-3-2-23(40-21-16-36-12-8-32-6-10-34-14-18-38)22-25(24)27(30)28(26)4-1-19-39-20-15-35-11-7-31-5-9-33-13-17-37;28-25-26(3-1-13-33-15-7-29-9-17-35-21-23-37-19-11-31)5-6-27(25)4-2-14-34-16-8-30-10-18-36-22-24-38-20-12-32/h1-2,5-6,37-38H,3-4,7-26H2;23-25,37-38H,1-22H2;31-32H,1-24H2. The van der Waals surface area contributed by atoms with E-state index in [2.05, 4.69) is 87.9 Å². The normalized spacial score (nSPS) is 15.4. The van der Waals surface area contributed by atoms with Gasteiger partial charge in [0, 0.05) is 166 Å². The number of fused-ring (bicyclic) bond motifs is 2. The number of benzene rings is 1. The number of carbonyl (C=O) groups is 3. The maximum Gasteiger partial charge on any atom is 0.329 e. The van der Waals surface area contributed by atoms with Crippen molar-refractivity contribution in [3.8, 4) is 0 Å². The van der Waals surface area contributed by atoms with E-state index in [4.69, 9.17) is 56.8 Å². The van der Waals surface area contributed by atoms with E-state index in [1.807, 2.05) is 160 Å². The number of ether oxygens (including phenoxy) is 12. The number of amides is 4. The third kappa shape index (κ3) is 63.8. The van der Waals surface area contributed by atoms with Crippen LogP contribution in [0.15, 0.2) is 29.1 Å². The molecule has 3 atom stereocenters. The maximum atomic E-state index is 13.3. The molecule has 5 rings (SSSR count). The molecule has 0 bridgehead atoms. The summed E-state index contributed by atoms with van der Waals surface area (Å²) in [5.74, 6) is 29.4. The Bertz CT molecular complexity index is 2590. The molecule has 21 nitrogen and oxygen atoms in total. The Labute approximate surface area is 807 Å². The summed E-state index contributed by atoms with van der Waals surface area (Å²) in [5, 5.41) is 0.411. The fourth-order valence-corrected chi connectivity index (χ4v) is 23.5. The number of nitrogens with zero attached hydrogens (tertiary/aromatic N) is 5. The van der Waals surface area contributed by atoms with Crippen LogP contribution >= 0.6 is 217 Å². The highest BCUT2D eigenvalue weighted by molar-refractivity contribution is 8.04. The highest BCUT2D eigenvalue weighted by Crippen LogP contribution is 2.42. The number of aromatic nitrogens is 2. The van der Waals surface area contributed by atoms with Crippen molar-refractivity contribution in [1.29, 1.82) is 0 Å². The van der Waals surface area contributed by atoms with Gasteiger partial charge in [-0.05, 0) is 115 Å². The van der Waals surface area contributed by atoms with E-state index < -0.39 is 0 Å². The van der Waals surface area contributed by atoms with Gasteiger partial charge >= 0.3 is 11.7 Å². The zero-order valence-electron chi connectivity index (χ0n) is 71.5. The monoisotopic (exact) mass is 2020 g/mol. The Morgan fingerprint density at radius 2 is 0.558 bits per heavy atom. The zero-order chi connectivity index (χ0) is 86.0. The molecule has 1 aromatic heterocycles. The first-order valence-electron chi connectivity index (χ1n) is 42.9. The van der Waals surface area contributed by atoms with Crippen molar-refractivity contribution in [2.75, 3.05) is 358 Å². The van der Waals surface area contributed by atoms with Crippen LogP contribution in [0.25, 0.3) is 11.0 Å². The number of thiol groups is 6. The number of hydrogen-bond acceptors (Lipinski definition) is 34. The fourth-order valence-electron chi connectivity index (χ4n) is 12.0. The van der Waals surface area contributed by atoms with E-state index in [0.29, 0.717) is 118 Å². The number of thioether (sulfide) groups is 12. The fraction of sp³-hybridized carbons (Fsp3) is 0.877. The average molecular weight is 2030 g/mol. The van der Waals surface area contributed by atoms with Crippen LogP contribution in [-0.2, 0) is 79.5 Å². The van der Waals surface area contributed by atoms with Gasteiger partial charge in [-0.2, -0.15) is 217 Å². The third-order valence-corrected chi connectivity index (χ3v) is 33.1. The summed E-state index contributed by atoms with van der Waals surface area (Å²) in [6.45, 7) is 21.7. The minimum atomic E-state index is -0.143. The number of likely N-dealkylation sites (tertiary alicyclic amines) is 1. The zero-order valence-corrected chi connectivity index (χ0v) is 86.6. The largest absolute Gasteiger partial charge is 0.380 e. The van der Waals surface area contributed by atoms with Gasteiger partial charge in [0.15, 0.2) is 0 Å². The van der Waals surface area contributed by atoms with Crippen LogP contribution < -0.4 is 5.69 Å². The van der Waals surface area contributed by atoms with Crippen molar-refractivity contribution in [3.05, 3.63) is 34.7 Å². The van der Waals surface area contributed by atoms with Gasteiger partial charge in [0.05, 0.1) is 181 Å². The second-order valence-corrected chi connectivity index (χ2v) is 44.4. The van der Waals surface area contributed by atoms with E-state index in [1.54, 1.807) is 11.8 Å². The molecule has 2 aliphatic heterocycles. The molecule has 0 spiro atoms.